The van der Waals surface area contributed by atoms with Gasteiger partial charge >= 0.3 is 0 Å². The van der Waals surface area contributed by atoms with Crippen LogP contribution >= 0.6 is 0 Å². The molecule has 1 saturated heterocycles. The molecule has 0 radical (unpaired) electrons. The third kappa shape index (κ3) is 2.75. The van der Waals surface area contributed by atoms with Crippen LogP contribution in [0.5, 0.6) is 0 Å². The molecule has 1 heterocycles. The highest BCUT2D eigenvalue weighted by atomic mass is 16.2. The Hall–Kier alpha value is -1.51. The van der Waals surface area contributed by atoms with Crippen molar-refractivity contribution >= 4 is 11.6 Å². The van der Waals surface area contributed by atoms with Gasteiger partial charge in [-0.2, -0.15) is 0 Å². The topological polar surface area (TPSA) is 46.3 Å². The van der Waals surface area contributed by atoms with Crippen LogP contribution in [0.1, 0.15) is 31.2 Å². The number of benzene rings is 1. The number of nitrogens with two attached hydrogens (primary N) is 1. The number of carbonyl (C=O) groups excluding carboxylic acids is 1. The van der Waals surface area contributed by atoms with E-state index in [1.165, 1.54) is 6.42 Å². The van der Waals surface area contributed by atoms with E-state index in [-0.39, 0.29) is 5.91 Å². The third-order valence-corrected chi connectivity index (χ3v) is 3.02. The first kappa shape index (κ1) is 11.0. The van der Waals surface area contributed by atoms with Gasteiger partial charge in [-0.1, -0.05) is 18.6 Å². The van der Waals surface area contributed by atoms with Crippen molar-refractivity contribution in [2.24, 2.45) is 0 Å². The van der Waals surface area contributed by atoms with Crippen LogP contribution in [0, 0.1) is 0 Å². The summed E-state index contributed by atoms with van der Waals surface area (Å²) in [6.07, 6.45) is 4.04. The standard InChI is InChI=1S/C13H18N2O/c14-12-7-5-11(6-8-12)10-15-9-3-1-2-4-13(15)16/h5-8H,1-4,9-10,14H2. The number of nitrogen functional groups attached to an aromatic ring is 1. The van der Waals surface area contributed by atoms with E-state index >= 15 is 0 Å². The maximum Gasteiger partial charge on any atom is 0.222 e. The fourth-order valence-electron chi connectivity index (χ4n) is 2.05. The van der Waals surface area contributed by atoms with Gasteiger partial charge in [0.25, 0.3) is 0 Å². The van der Waals surface area contributed by atoms with Crippen LogP contribution in [-0.2, 0) is 11.3 Å². The number of hydrogen-bond donors (Lipinski definition) is 1. The predicted octanol–water partition coefficient (Wildman–Crippen LogP) is 2.17. The van der Waals surface area contributed by atoms with Gasteiger partial charge in [0.15, 0.2) is 0 Å². The molecule has 1 amide bonds. The molecule has 16 heavy (non-hydrogen) atoms. The summed E-state index contributed by atoms with van der Waals surface area (Å²) in [6, 6.07) is 7.76. The molecule has 86 valence electrons. The third-order valence-electron chi connectivity index (χ3n) is 3.02. The van der Waals surface area contributed by atoms with Crippen molar-refractivity contribution in [2.75, 3.05) is 12.3 Å². The van der Waals surface area contributed by atoms with Gasteiger partial charge in [-0.05, 0) is 30.5 Å². The molecule has 2 N–H and O–H groups in total. The fraction of sp³-hybridized carbons (Fsp3) is 0.462. The Kier molecular flexibility index (Phi) is 3.44. The summed E-state index contributed by atoms with van der Waals surface area (Å²) < 4.78 is 0. The van der Waals surface area contributed by atoms with Gasteiger partial charge in [0.2, 0.25) is 5.91 Å². The summed E-state index contributed by atoms with van der Waals surface area (Å²) in [7, 11) is 0. The number of hydrogen-bond acceptors (Lipinski definition) is 2. The van der Waals surface area contributed by atoms with Gasteiger partial charge in [0, 0.05) is 25.2 Å². The molecular weight excluding hydrogens is 200 g/mol. The van der Waals surface area contributed by atoms with Crippen LogP contribution in [0.15, 0.2) is 24.3 Å². The van der Waals surface area contributed by atoms with Crippen LogP contribution in [0.4, 0.5) is 5.69 Å². The second-order valence-corrected chi connectivity index (χ2v) is 4.37. The SMILES string of the molecule is Nc1ccc(CN2CCCCCC2=O)cc1. The largest absolute Gasteiger partial charge is 0.399 e. The van der Waals surface area contributed by atoms with Gasteiger partial charge in [-0.3, -0.25) is 4.79 Å². The number of nitrogens with zero attached hydrogens (tertiary/aromatic N) is 1. The Labute approximate surface area is 96.2 Å². The Morgan fingerprint density at radius 3 is 2.62 bits per heavy atom. The molecule has 1 aromatic carbocycles. The average molecular weight is 218 g/mol. The molecular formula is C13H18N2O. The molecule has 0 saturated carbocycles. The first-order valence-electron chi connectivity index (χ1n) is 5.88. The molecule has 2 rings (SSSR count). The number of carbonyl (C=O) groups is 1. The number of likely N-dealkylation sites (tertiary alicyclic amines) is 1. The number of rotatable bonds is 2. The molecule has 0 aromatic heterocycles. The molecule has 0 spiro atoms. The van der Waals surface area contributed by atoms with Crippen molar-refractivity contribution in [3.8, 4) is 0 Å². The zero-order chi connectivity index (χ0) is 11.4. The first-order chi connectivity index (χ1) is 7.75. The van der Waals surface area contributed by atoms with Gasteiger partial charge in [0.1, 0.15) is 0 Å². The van der Waals surface area contributed by atoms with Gasteiger partial charge in [-0.15, -0.1) is 0 Å². The van der Waals surface area contributed by atoms with Crippen LogP contribution in [-0.4, -0.2) is 17.4 Å². The van der Waals surface area contributed by atoms with Gasteiger partial charge in [-0.25, -0.2) is 0 Å². The van der Waals surface area contributed by atoms with E-state index in [2.05, 4.69) is 0 Å². The summed E-state index contributed by atoms with van der Waals surface area (Å²) in [5.74, 6) is 0.286. The highest BCUT2D eigenvalue weighted by molar-refractivity contribution is 5.76. The molecule has 1 fully saturated rings. The van der Waals surface area contributed by atoms with Gasteiger partial charge in [0.05, 0.1) is 0 Å². The highest BCUT2D eigenvalue weighted by Gasteiger charge is 2.16. The normalized spacial score (nSPS) is 17.2. The van der Waals surface area contributed by atoms with Crippen molar-refractivity contribution in [2.45, 2.75) is 32.2 Å². The zero-order valence-corrected chi connectivity index (χ0v) is 9.48. The molecule has 1 aliphatic rings. The minimum absolute atomic E-state index is 0.286. The lowest BCUT2D eigenvalue weighted by molar-refractivity contribution is -0.131. The first-order valence-corrected chi connectivity index (χ1v) is 5.88. The Morgan fingerprint density at radius 2 is 1.88 bits per heavy atom. The van der Waals surface area contributed by atoms with E-state index in [1.54, 1.807) is 0 Å². The fourth-order valence-corrected chi connectivity index (χ4v) is 2.05. The van der Waals surface area contributed by atoms with Crippen molar-refractivity contribution < 1.29 is 4.79 Å². The second-order valence-electron chi connectivity index (χ2n) is 4.37. The van der Waals surface area contributed by atoms with Crippen LogP contribution in [0.2, 0.25) is 0 Å². The van der Waals surface area contributed by atoms with Crippen molar-refractivity contribution in [1.82, 2.24) is 4.90 Å². The monoisotopic (exact) mass is 218 g/mol. The number of amides is 1. The van der Waals surface area contributed by atoms with E-state index in [1.807, 2.05) is 29.2 Å². The minimum atomic E-state index is 0.286. The van der Waals surface area contributed by atoms with Gasteiger partial charge < -0.3 is 10.6 Å². The summed E-state index contributed by atoms with van der Waals surface area (Å²) >= 11 is 0. The minimum Gasteiger partial charge on any atom is -0.399 e. The molecule has 1 aromatic rings. The summed E-state index contributed by atoms with van der Waals surface area (Å²) in [6.45, 7) is 1.61. The van der Waals surface area contributed by atoms with Crippen molar-refractivity contribution in [1.29, 1.82) is 0 Å². The number of anilines is 1. The molecule has 3 heteroatoms. The van der Waals surface area contributed by atoms with E-state index < -0.39 is 0 Å². The molecule has 0 bridgehead atoms. The Balaban J connectivity index is 2.02. The lowest BCUT2D eigenvalue weighted by atomic mass is 10.2. The van der Waals surface area contributed by atoms with Crippen LogP contribution < -0.4 is 5.73 Å². The Morgan fingerprint density at radius 1 is 1.12 bits per heavy atom. The predicted molar refractivity (Wildman–Crippen MR) is 64.7 cm³/mol. The van der Waals surface area contributed by atoms with Crippen molar-refractivity contribution in [3.05, 3.63) is 29.8 Å². The van der Waals surface area contributed by atoms with Crippen molar-refractivity contribution in [3.63, 3.8) is 0 Å². The summed E-state index contributed by atoms with van der Waals surface area (Å²) in [5.41, 5.74) is 7.56. The lowest BCUT2D eigenvalue weighted by Crippen LogP contribution is -2.29. The maximum atomic E-state index is 11.8. The smallest absolute Gasteiger partial charge is 0.222 e. The molecule has 0 aliphatic carbocycles. The Bertz CT molecular complexity index is 359. The van der Waals surface area contributed by atoms with Crippen LogP contribution in [0.25, 0.3) is 0 Å². The summed E-state index contributed by atoms with van der Waals surface area (Å²) in [5, 5.41) is 0. The van der Waals surface area contributed by atoms with E-state index in [4.69, 9.17) is 5.73 Å². The lowest BCUT2D eigenvalue weighted by Gasteiger charge is -2.20. The average Bonchev–Trinajstić information content (AvgIpc) is 2.48. The molecule has 1 aliphatic heterocycles. The maximum absolute atomic E-state index is 11.8. The molecule has 3 nitrogen and oxygen atoms in total. The molecule has 0 unspecified atom stereocenters. The quantitative estimate of drug-likeness (QED) is 0.773. The van der Waals surface area contributed by atoms with Crippen LogP contribution in [0.3, 0.4) is 0 Å². The van der Waals surface area contributed by atoms with E-state index in [9.17, 15) is 4.79 Å². The molecule has 0 atom stereocenters. The highest BCUT2D eigenvalue weighted by Crippen LogP contribution is 2.15. The van der Waals surface area contributed by atoms with E-state index in [0.29, 0.717) is 6.42 Å². The summed E-state index contributed by atoms with van der Waals surface area (Å²) in [4.78, 5) is 13.7. The van der Waals surface area contributed by atoms with E-state index in [0.717, 1.165) is 37.2 Å². The zero-order valence-electron chi connectivity index (χ0n) is 9.48. The second kappa shape index (κ2) is 5.01.